The van der Waals surface area contributed by atoms with Gasteiger partial charge in [0.05, 0.1) is 13.2 Å². The molecule has 1 aliphatic rings. The molecule has 0 bridgehead atoms. The third-order valence-corrected chi connectivity index (χ3v) is 4.71. The van der Waals surface area contributed by atoms with Crippen LogP contribution in [0.1, 0.15) is 22.3 Å². The number of para-hydroxylation sites is 1. The van der Waals surface area contributed by atoms with E-state index in [1.165, 1.54) is 0 Å². The van der Waals surface area contributed by atoms with E-state index in [1.807, 2.05) is 24.3 Å². The highest BCUT2D eigenvalue weighted by Crippen LogP contribution is 2.30. The molecule has 2 aromatic carbocycles. The van der Waals surface area contributed by atoms with Crippen LogP contribution in [0, 0.1) is 0 Å². The number of nitrogens with one attached hydrogen (secondary N) is 2. The van der Waals surface area contributed by atoms with Gasteiger partial charge in [-0.05, 0) is 29.8 Å². The van der Waals surface area contributed by atoms with Gasteiger partial charge >= 0.3 is 5.97 Å². The predicted octanol–water partition coefficient (Wildman–Crippen LogP) is 2.75. The number of H-pyrrole nitrogens is 1. The second-order valence-corrected chi connectivity index (χ2v) is 6.64. The zero-order valence-corrected chi connectivity index (χ0v) is 15.1. The van der Waals surface area contributed by atoms with Gasteiger partial charge in [0.25, 0.3) is 5.91 Å². The molecular weight excluding hydrogens is 360 g/mol. The Morgan fingerprint density at radius 3 is 2.71 bits per heavy atom. The zero-order chi connectivity index (χ0) is 19.5. The van der Waals surface area contributed by atoms with E-state index in [4.69, 9.17) is 9.47 Å². The van der Waals surface area contributed by atoms with Gasteiger partial charge in [-0.1, -0.05) is 18.2 Å². The molecule has 0 fully saturated rings. The molecule has 4 rings (SSSR count). The van der Waals surface area contributed by atoms with Crippen molar-refractivity contribution in [3.63, 3.8) is 0 Å². The number of rotatable bonds is 5. The van der Waals surface area contributed by atoms with E-state index < -0.39 is 17.9 Å². The number of carbonyl (C=O) groups is 2. The van der Waals surface area contributed by atoms with Crippen LogP contribution in [0.2, 0.25) is 0 Å². The van der Waals surface area contributed by atoms with Gasteiger partial charge in [-0.25, -0.2) is 4.79 Å². The van der Waals surface area contributed by atoms with Crippen LogP contribution < -0.4 is 14.8 Å². The van der Waals surface area contributed by atoms with E-state index in [-0.39, 0.29) is 6.42 Å². The Kier molecular flexibility index (Phi) is 4.89. The first-order valence-corrected chi connectivity index (χ1v) is 9.10. The van der Waals surface area contributed by atoms with Crippen molar-refractivity contribution in [3.05, 3.63) is 59.8 Å². The third-order valence-electron chi connectivity index (χ3n) is 4.71. The highest BCUT2D eigenvalue weighted by atomic mass is 16.5. The fourth-order valence-electron chi connectivity index (χ4n) is 3.27. The highest BCUT2D eigenvalue weighted by molar-refractivity contribution is 5.97. The number of amides is 1. The van der Waals surface area contributed by atoms with Crippen LogP contribution in [0.4, 0.5) is 0 Å². The summed E-state index contributed by atoms with van der Waals surface area (Å²) in [5, 5.41) is 13.2. The number of hydrogen-bond donors (Lipinski definition) is 3. The van der Waals surface area contributed by atoms with E-state index >= 15 is 0 Å². The molecule has 28 heavy (non-hydrogen) atoms. The average Bonchev–Trinajstić information content (AvgIpc) is 2.95. The molecule has 1 aliphatic heterocycles. The lowest BCUT2D eigenvalue weighted by molar-refractivity contribution is -0.139. The Hall–Kier alpha value is -3.48. The van der Waals surface area contributed by atoms with Crippen molar-refractivity contribution in [2.75, 3.05) is 13.2 Å². The Balaban J connectivity index is 1.52. The molecule has 0 aliphatic carbocycles. The first-order valence-electron chi connectivity index (χ1n) is 9.10. The maximum absolute atomic E-state index is 12.6. The maximum Gasteiger partial charge on any atom is 0.326 e. The molecule has 1 aromatic heterocycles. The van der Waals surface area contributed by atoms with Crippen LogP contribution in [0.25, 0.3) is 10.9 Å². The smallest absolute Gasteiger partial charge is 0.326 e. The minimum absolute atomic E-state index is 0.176. The predicted molar refractivity (Wildman–Crippen MR) is 103 cm³/mol. The second-order valence-electron chi connectivity index (χ2n) is 6.64. The van der Waals surface area contributed by atoms with Crippen molar-refractivity contribution in [1.82, 2.24) is 10.3 Å². The third kappa shape index (κ3) is 3.64. The van der Waals surface area contributed by atoms with E-state index in [0.29, 0.717) is 30.3 Å². The normalized spacial score (nSPS) is 14.3. The molecule has 7 heteroatoms. The van der Waals surface area contributed by atoms with Gasteiger partial charge in [0.15, 0.2) is 11.5 Å². The molecule has 3 aromatic rings. The number of aliphatic carboxylic acids is 1. The van der Waals surface area contributed by atoms with Crippen LogP contribution in [-0.2, 0) is 11.2 Å². The summed E-state index contributed by atoms with van der Waals surface area (Å²) in [5.74, 6) is -0.479. The lowest BCUT2D eigenvalue weighted by atomic mass is 10.0. The van der Waals surface area contributed by atoms with Gasteiger partial charge in [-0.3, -0.25) is 4.79 Å². The van der Waals surface area contributed by atoms with Crippen LogP contribution >= 0.6 is 0 Å². The second kappa shape index (κ2) is 7.64. The summed E-state index contributed by atoms with van der Waals surface area (Å²) in [4.78, 5) is 27.5. The van der Waals surface area contributed by atoms with Gasteiger partial charge in [0.2, 0.25) is 0 Å². The van der Waals surface area contributed by atoms with E-state index in [0.717, 1.165) is 22.9 Å². The van der Waals surface area contributed by atoms with E-state index in [2.05, 4.69) is 10.3 Å². The van der Waals surface area contributed by atoms with Crippen molar-refractivity contribution in [3.8, 4) is 11.5 Å². The number of carbonyl (C=O) groups excluding carboxylic acids is 1. The minimum atomic E-state index is -1.09. The summed E-state index contributed by atoms with van der Waals surface area (Å²) in [6.07, 6.45) is 2.72. The maximum atomic E-state index is 12.6. The number of fused-ring (bicyclic) bond motifs is 2. The molecule has 0 radical (unpaired) electrons. The van der Waals surface area contributed by atoms with Gasteiger partial charge < -0.3 is 24.9 Å². The molecule has 7 nitrogen and oxygen atoms in total. The summed E-state index contributed by atoms with van der Waals surface area (Å²) >= 11 is 0. The Labute approximate surface area is 161 Å². The first-order chi connectivity index (χ1) is 13.6. The number of aromatic amines is 1. The van der Waals surface area contributed by atoms with E-state index in [1.54, 1.807) is 24.4 Å². The standard InChI is InChI=1S/C21H20N2O5/c24-20(13-6-7-18-19(11-13)28-9-3-8-27-18)23-17(21(25)26)10-14-12-22-16-5-2-1-4-15(14)16/h1-2,4-7,11-12,17,22H,3,8-10H2,(H,23,24)(H,25,26)/t17-/m1/s1. The molecule has 0 saturated carbocycles. The minimum Gasteiger partial charge on any atom is -0.490 e. The summed E-state index contributed by atoms with van der Waals surface area (Å²) in [6.45, 7) is 1.07. The lowest BCUT2D eigenvalue weighted by Crippen LogP contribution is -2.42. The Morgan fingerprint density at radius 1 is 1.11 bits per heavy atom. The molecular formula is C21H20N2O5. The molecule has 1 amide bonds. The molecule has 1 atom stereocenters. The fourth-order valence-corrected chi connectivity index (χ4v) is 3.27. The lowest BCUT2D eigenvalue weighted by Gasteiger charge is -2.15. The number of benzene rings is 2. The molecule has 2 heterocycles. The van der Waals surface area contributed by atoms with Gasteiger partial charge in [0, 0.05) is 35.5 Å². The summed E-state index contributed by atoms with van der Waals surface area (Å²) in [7, 11) is 0. The number of carboxylic acid groups (broad SMARTS) is 1. The van der Waals surface area contributed by atoms with Gasteiger partial charge in [-0.15, -0.1) is 0 Å². The number of carboxylic acids is 1. The quantitative estimate of drug-likeness (QED) is 0.632. The molecule has 0 spiro atoms. The summed E-state index contributed by atoms with van der Waals surface area (Å²) in [5.41, 5.74) is 2.09. The van der Waals surface area contributed by atoms with Crippen molar-refractivity contribution >= 4 is 22.8 Å². The van der Waals surface area contributed by atoms with Gasteiger partial charge in [-0.2, -0.15) is 0 Å². The number of aromatic nitrogens is 1. The van der Waals surface area contributed by atoms with Crippen molar-refractivity contribution in [2.45, 2.75) is 18.9 Å². The SMILES string of the molecule is O=C(N[C@H](Cc1c[nH]c2ccccc12)C(=O)O)c1ccc2c(c1)OCCCO2. The Bertz CT molecular complexity index is 1030. The van der Waals surface area contributed by atoms with Crippen LogP contribution in [0.3, 0.4) is 0 Å². The molecule has 144 valence electrons. The van der Waals surface area contributed by atoms with E-state index in [9.17, 15) is 14.7 Å². The zero-order valence-electron chi connectivity index (χ0n) is 15.1. The van der Waals surface area contributed by atoms with Crippen LogP contribution in [-0.4, -0.2) is 41.2 Å². The van der Waals surface area contributed by atoms with Crippen LogP contribution in [0.5, 0.6) is 11.5 Å². The topological polar surface area (TPSA) is 101 Å². The first kappa shape index (κ1) is 17.9. The molecule has 0 unspecified atom stereocenters. The fraction of sp³-hybridized carbons (Fsp3) is 0.238. The average molecular weight is 380 g/mol. The van der Waals surface area contributed by atoms with Crippen molar-refractivity contribution in [1.29, 1.82) is 0 Å². The van der Waals surface area contributed by atoms with Gasteiger partial charge in [0.1, 0.15) is 6.04 Å². The highest BCUT2D eigenvalue weighted by Gasteiger charge is 2.23. The summed E-state index contributed by atoms with van der Waals surface area (Å²) < 4.78 is 11.2. The summed E-state index contributed by atoms with van der Waals surface area (Å²) in [6, 6.07) is 11.5. The molecule has 0 saturated heterocycles. The Morgan fingerprint density at radius 2 is 1.89 bits per heavy atom. The van der Waals surface area contributed by atoms with Crippen molar-refractivity contribution < 1.29 is 24.2 Å². The largest absolute Gasteiger partial charge is 0.490 e. The van der Waals surface area contributed by atoms with Crippen LogP contribution in [0.15, 0.2) is 48.7 Å². The van der Waals surface area contributed by atoms with Crippen molar-refractivity contribution in [2.24, 2.45) is 0 Å². The molecule has 3 N–H and O–H groups in total. The number of hydrogen-bond acceptors (Lipinski definition) is 4. The number of ether oxygens (including phenoxy) is 2. The monoisotopic (exact) mass is 380 g/mol.